The van der Waals surface area contributed by atoms with Crippen LogP contribution >= 0.6 is 0 Å². The molecule has 4 heterocycles. The minimum Gasteiger partial charge on any atom is -0.508 e. The van der Waals surface area contributed by atoms with E-state index in [1.807, 2.05) is 0 Å². The number of aliphatic hydroxyl groups is 11. The average molecular weight is 789 g/mol. The summed E-state index contributed by atoms with van der Waals surface area (Å²) in [5, 5.41) is 143. The molecule has 3 aliphatic rings. The maximum absolute atomic E-state index is 13.9. The molecule has 14 N–H and O–H groups in total. The van der Waals surface area contributed by atoms with E-state index >= 15 is 0 Å². The van der Waals surface area contributed by atoms with Crippen LogP contribution in [0.4, 0.5) is 0 Å². The molecule has 0 aliphatic carbocycles. The zero-order valence-corrected chi connectivity index (χ0v) is 28.2. The number of phenols is 3. The van der Waals surface area contributed by atoms with Crippen molar-refractivity contribution in [2.45, 2.75) is 92.1 Å². The molecule has 0 radical (unpaired) electrons. The summed E-state index contributed by atoms with van der Waals surface area (Å²) in [5.74, 6) is -3.69. The van der Waals surface area contributed by atoms with Gasteiger partial charge in [-0.25, -0.2) is 0 Å². The van der Waals surface area contributed by atoms with E-state index in [9.17, 15) is 76.3 Å². The second-order valence-corrected chi connectivity index (χ2v) is 13.0. The van der Waals surface area contributed by atoms with Crippen molar-refractivity contribution in [2.75, 3.05) is 19.8 Å². The first kappa shape index (κ1) is 40.7. The minimum atomic E-state index is -2.13. The van der Waals surface area contributed by atoms with E-state index in [1.54, 1.807) is 0 Å². The van der Waals surface area contributed by atoms with E-state index in [0.29, 0.717) is 0 Å². The lowest BCUT2D eigenvalue weighted by Crippen LogP contribution is -2.65. The molecule has 3 saturated heterocycles. The van der Waals surface area contributed by atoms with Crippen LogP contribution < -0.4 is 14.9 Å². The van der Waals surface area contributed by atoms with Gasteiger partial charge in [0.2, 0.25) is 23.8 Å². The average Bonchev–Trinajstić information content (AvgIpc) is 3.15. The molecule has 55 heavy (non-hydrogen) atoms. The Kier molecular flexibility index (Phi) is 12.0. The van der Waals surface area contributed by atoms with Gasteiger partial charge in [-0.1, -0.05) is 0 Å². The molecule has 0 saturated carbocycles. The van der Waals surface area contributed by atoms with Gasteiger partial charge in [0.25, 0.3) is 0 Å². The Bertz CT molecular complexity index is 1870. The van der Waals surface area contributed by atoms with E-state index in [-0.39, 0.29) is 11.3 Å². The monoisotopic (exact) mass is 788 g/mol. The highest BCUT2D eigenvalue weighted by atomic mass is 16.7. The van der Waals surface area contributed by atoms with E-state index in [2.05, 4.69) is 0 Å². The number of benzene rings is 2. The van der Waals surface area contributed by atoms with Crippen LogP contribution in [0.1, 0.15) is 0 Å². The number of hydrogen-bond donors (Lipinski definition) is 14. The third-order valence-electron chi connectivity index (χ3n) is 9.42. The van der Waals surface area contributed by atoms with E-state index in [0.717, 1.165) is 24.3 Å². The Hall–Kier alpha value is -3.95. The molecule has 3 aromatic rings. The van der Waals surface area contributed by atoms with Crippen molar-refractivity contribution in [3.8, 4) is 40.1 Å². The fourth-order valence-electron chi connectivity index (χ4n) is 6.38. The van der Waals surface area contributed by atoms with Crippen molar-refractivity contribution in [2.24, 2.45) is 0 Å². The normalized spacial score (nSPS) is 36.8. The van der Waals surface area contributed by atoms with Crippen molar-refractivity contribution in [3.05, 3.63) is 40.6 Å². The maximum Gasteiger partial charge on any atom is 0.239 e. The van der Waals surface area contributed by atoms with Gasteiger partial charge in [0, 0.05) is 17.7 Å². The van der Waals surface area contributed by atoms with Crippen LogP contribution in [0.3, 0.4) is 0 Å². The number of aliphatic hydroxyl groups excluding tert-OH is 11. The Morgan fingerprint density at radius 2 is 1.13 bits per heavy atom. The van der Waals surface area contributed by atoms with Crippen LogP contribution in [-0.2, 0) is 18.9 Å². The van der Waals surface area contributed by atoms with Gasteiger partial charge in [-0.3, -0.25) is 4.79 Å². The molecule has 15 atom stereocenters. The highest BCUT2D eigenvalue weighted by molar-refractivity contribution is 5.88. The van der Waals surface area contributed by atoms with Gasteiger partial charge >= 0.3 is 0 Å². The summed E-state index contributed by atoms with van der Waals surface area (Å²) >= 11 is 0. The van der Waals surface area contributed by atoms with Crippen LogP contribution in [0.5, 0.6) is 28.7 Å². The van der Waals surface area contributed by atoms with Gasteiger partial charge in [-0.05, 0) is 18.2 Å². The van der Waals surface area contributed by atoms with Gasteiger partial charge in [-0.15, -0.1) is 0 Å². The van der Waals surface area contributed by atoms with Crippen LogP contribution in [0.15, 0.2) is 39.5 Å². The van der Waals surface area contributed by atoms with Crippen molar-refractivity contribution < 1.29 is 104 Å². The van der Waals surface area contributed by atoms with Gasteiger partial charge in [0.15, 0.2) is 23.5 Å². The predicted octanol–water partition coefficient (Wildman–Crippen LogP) is -5.24. The quantitative estimate of drug-likeness (QED) is 0.0912. The van der Waals surface area contributed by atoms with Crippen LogP contribution in [0.25, 0.3) is 22.3 Å². The van der Waals surface area contributed by atoms with Crippen LogP contribution in [0.2, 0.25) is 0 Å². The van der Waals surface area contributed by atoms with Crippen molar-refractivity contribution in [1.82, 2.24) is 0 Å². The minimum absolute atomic E-state index is 0.163. The summed E-state index contributed by atoms with van der Waals surface area (Å²) in [4.78, 5) is 13.9. The molecule has 0 unspecified atom stereocenters. The third kappa shape index (κ3) is 7.63. The molecule has 0 amide bonds. The zero-order chi connectivity index (χ0) is 40.0. The number of rotatable bonds is 10. The first-order valence-corrected chi connectivity index (χ1v) is 16.7. The second-order valence-electron chi connectivity index (χ2n) is 13.0. The van der Waals surface area contributed by atoms with Crippen molar-refractivity contribution in [1.29, 1.82) is 0 Å². The molecule has 304 valence electrons. The van der Waals surface area contributed by atoms with Gasteiger partial charge in [0.05, 0.1) is 19.8 Å². The smallest absolute Gasteiger partial charge is 0.239 e. The summed E-state index contributed by atoms with van der Waals surface area (Å²) in [5.41, 5.74) is -1.68. The largest absolute Gasteiger partial charge is 0.508 e. The van der Waals surface area contributed by atoms with E-state index in [1.165, 1.54) is 6.07 Å². The topological polar surface area (TPSA) is 369 Å². The molecule has 0 bridgehead atoms. The number of ether oxygens (including phenoxy) is 6. The lowest BCUT2D eigenvalue weighted by atomic mass is 9.97. The standard InChI is InChI=1S/C33H40O22/c34-6-15-19(40)22(43)25(46)31(51-15)50-13-2-1-9(3-11(13)38)28-30(21(42)18-12(39)4-10(37)5-14(18)49-28)55-33-27(48)24(45)29(17(8-36)53-33)54-32-26(47)23(44)20(41)16(7-35)52-32/h1-5,15-17,19-20,22-27,29,31-41,43-48H,6-8H2/t15-,16-,17-,19-,20-,22+,23+,24-,25-,26-,27-,29-,31-,32+,33+/m1/s1. The first-order valence-electron chi connectivity index (χ1n) is 16.7. The third-order valence-corrected chi connectivity index (χ3v) is 9.42. The molecule has 3 fully saturated rings. The van der Waals surface area contributed by atoms with Crippen LogP contribution in [-0.4, -0.2) is 183 Å². The van der Waals surface area contributed by atoms with E-state index in [4.69, 9.17) is 32.8 Å². The Morgan fingerprint density at radius 1 is 0.582 bits per heavy atom. The molecule has 1 aromatic heterocycles. The summed E-state index contributed by atoms with van der Waals surface area (Å²) in [6.45, 7) is -2.52. The number of fused-ring (bicyclic) bond motifs is 1. The fourth-order valence-corrected chi connectivity index (χ4v) is 6.38. The van der Waals surface area contributed by atoms with E-state index < -0.39 is 157 Å². The molecule has 2 aromatic carbocycles. The molecule has 0 spiro atoms. The SMILES string of the molecule is O=c1c(O[C@@H]2O[C@H](CO)[C@@H](O[C@@H]3O[C@H](CO)[C@@H](O)[C@H](O)[C@H]3O)[C@H](O)[C@H]2O)c(-c2ccc(O[C@@H]3O[C@H](CO)[C@@H](O)[C@H](O)[C@H]3O)c(O)c2)oc2cc(O)cc(O)c12. The number of phenolic OH excluding ortho intramolecular Hbond substituents is 3. The zero-order valence-electron chi connectivity index (χ0n) is 28.2. The van der Waals surface area contributed by atoms with Crippen LogP contribution in [0, 0.1) is 0 Å². The molecule has 6 rings (SSSR count). The number of aromatic hydroxyl groups is 3. The van der Waals surface area contributed by atoms with Gasteiger partial charge in [0.1, 0.15) is 95.7 Å². The summed E-state index contributed by atoms with van der Waals surface area (Å²) < 4.78 is 38.8. The lowest BCUT2D eigenvalue weighted by molar-refractivity contribution is -0.352. The maximum atomic E-state index is 13.9. The molecule has 3 aliphatic heterocycles. The van der Waals surface area contributed by atoms with Crippen molar-refractivity contribution in [3.63, 3.8) is 0 Å². The second kappa shape index (κ2) is 16.3. The van der Waals surface area contributed by atoms with Gasteiger partial charge < -0.3 is 104 Å². The summed E-state index contributed by atoms with van der Waals surface area (Å²) in [6.07, 6.45) is -26.7. The summed E-state index contributed by atoms with van der Waals surface area (Å²) in [7, 11) is 0. The molecule has 22 nitrogen and oxygen atoms in total. The molecular formula is C33H40O22. The highest BCUT2D eigenvalue weighted by Gasteiger charge is 2.51. The fraction of sp³-hybridized carbons (Fsp3) is 0.545. The first-order chi connectivity index (χ1) is 26.1. The molecule has 22 heteroatoms. The summed E-state index contributed by atoms with van der Waals surface area (Å²) in [6, 6.07) is 5.04. The number of hydrogen-bond acceptors (Lipinski definition) is 22. The Balaban J connectivity index is 1.31. The van der Waals surface area contributed by atoms with Crippen molar-refractivity contribution >= 4 is 11.0 Å². The van der Waals surface area contributed by atoms with Gasteiger partial charge in [-0.2, -0.15) is 0 Å². The molecular weight excluding hydrogens is 748 g/mol. The predicted molar refractivity (Wildman–Crippen MR) is 174 cm³/mol. The Morgan fingerprint density at radius 3 is 1.73 bits per heavy atom. The Labute approximate surface area is 307 Å². The highest BCUT2D eigenvalue weighted by Crippen LogP contribution is 2.41. The lowest BCUT2D eigenvalue weighted by Gasteiger charge is -2.45.